The standard InChI is InChI=1S/C6HBrF4O2Si/c7-1-2(8)4(10)6(14-12-13-14)5(11)3(1)9/h14H. The minimum absolute atomic E-state index is 0.761. The van der Waals surface area contributed by atoms with Gasteiger partial charge in [-0.3, -0.25) is 9.15 Å². The van der Waals surface area contributed by atoms with E-state index in [1.54, 1.807) is 0 Å². The lowest BCUT2D eigenvalue weighted by Crippen LogP contribution is -2.28. The van der Waals surface area contributed by atoms with Crippen LogP contribution in [0.3, 0.4) is 0 Å². The maximum atomic E-state index is 13.1. The molecule has 0 aliphatic carbocycles. The van der Waals surface area contributed by atoms with Crippen molar-refractivity contribution in [1.82, 2.24) is 0 Å². The lowest BCUT2D eigenvalue weighted by Gasteiger charge is -2.03. The molecule has 0 spiro atoms. The average Bonchev–Trinajstić information content (AvgIpc) is 2.96. The third-order valence-electron chi connectivity index (χ3n) is 1.67. The van der Waals surface area contributed by atoms with E-state index in [4.69, 9.17) is 0 Å². The molecule has 2 nitrogen and oxygen atoms in total. The molecule has 8 heteroatoms. The summed E-state index contributed by atoms with van der Waals surface area (Å²) in [6, 6.07) is 0. The van der Waals surface area contributed by atoms with Crippen LogP contribution >= 0.6 is 15.9 Å². The molecule has 0 aromatic heterocycles. The summed E-state index contributed by atoms with van der Waals surface area (Å²) in [4.78, 5) is 0. The van der Waals surface area contributed by atoms with Crippen LogP contribution in [0.25, 0.3) is 0 Å². The van der Waals surface area contributed by atoms with Crippen molar-refractivity contribution in [3.05, 3.63) is 27.7 Å². The SMILES string of the molecule is Fc1c(F)c([SiH]2OO2)c(F)c(F)c1Br. The highest BCUT2D eigenvalue weighted by Crippen LogP contribution is 2.25. The lowest BCUT2D eigenvalue weighted by molar-refractivity contribution is 0.0850. The quantitative estimate of drug-likeness (QED) is 0.195. The highest BCUT2D eigenvalue weighted by molar-refractivity contribution is 9.10. The summed E-state index contributed by atoms with van der Waals surface area (Å²) >= 11 is 2.39. The number of hydrogen-bond acceptors (Lipinski definition) is 2. The Morgan fingerprint density at radius 2 is 1.29 bits per heavy atom. The fourth-order valence-corrected chi connectivity index (χ4v) is 2.38. The second kappa shape index (κ2) is 3.30. The first-order valence-electron chi connectivity index (χ1n) is 3.37. The smallest absolute Gasteiger partial charge is 0.255 e. The van der Waals surface area contributed by atoms with Crippen LogP contribution in [0.2, 0.25) is 0 Å². The van der Waals surface area contributed by atoms with Crippen LogP contribution in [-0.2, 0) is 9.15 Å². The maximum absolute atomic E-state index is 13.1. The van der Waals surface area contributed by atoms with E-state index < -0.39 is 42.2 Å². The summed E-state index contributed by atoms with van der Waals surface area (Å²) in [5.74, 6) is -5.90. The fraction of sp³-hybridized carbons (Fsp3) is 0. The van der Waals surface area contributed by atoms with Crippen molar-refractivity contribution in [1.29, 1.82) is 0 Å². The largest absolute Gasteiger partial charge is 0.429 e. The molecular weight excluding hydrogens is 288 g/mol. The summed E-state index contributed by atoms with van der Waals surface area (Å²) in [6.07, 6.45) is 0. The third-order valence-corrected chi connectivity index (χ3v) is 3.73. The van der Waals surface area contributed by atoms with Gasteiger partial charge in [-0.2, -0.15) is 0 Å². The van der Waals surface area contributed by atoms with Crippen molar-refractivity contribution in [3.8, 4) is 0 Å². The van der Waals surface area contributed by atoms with Crippen LogP contribution in [0.1, 0.15) is 0 Å². The van der Waals surface area contributed by atoms with Crippen molar-refractivity contribution in [3.63, 3.8) is 0 Å². The van der Waals surface area contributed by atoms with E-state index in [0.29, 0.717) is 0 Å². The topological polar surface area (TPSA) is 25.1 Å². The first kappa shape index (κ1) is 10.1. The Kier molecular flexibility index (Phi) is 2.38. The zero-order valence-electron chi connectivity index (χ0n) is 6.28. The summed E-state index contributed by atoms with van der Waals surface area (Å²) in [5, 5.41) is -0.761. The van der Waals surface area contributed by atoms with Gasteiger partial charge in [-0.05, 0) is 15.9 Å². The molecule has 0 N–H and O–H groups in total. The van der Waals surface area contributed by atoms with Crippen LogP contribution < -0.4 is 5.19 Å². The van der Waals surface area contributed by atoms with Gasteiger partial charge in [0.25, 0.3) is 0 Å². The highest BCUT2D eigenvalue weighted by Gasteiger charge is 2.41. The molecule has 1 fully saturated rings. The Bertz CT molecular complexity index is 380. The molecule has 1 aliphatic rings. The third kappa shape index (κ3) is 1.38. The van der Waals surface area contributed by atoms with Crippen molar-refractivity contribution in [2.45, 2.75) is 0 Å². The number of rotatable bonds is 1. The van der Waals surface area contributed by atoms with E-state index in [2.05, 4.69) is 25.1 Å². The molecule has 0 radical (unpaired) electrons. The van der Waals surface area contributed by atoms with Gasteiger partial charge in [0, 0.05) is 0 Å². The zero-order chi connectivity index (χ0) is 10.5. The van der Waals surface area contributed by atoms with E-state index in [1.807, 2.05) is 0 Å². The normalized spacial score (nSPS) is 16.1. The van der Waals surface area contributed by atoms with Gasteiger partial charge >= 0.3 is 9.28 Å². The molecule has 0 bridgehead atoms. The monoisotopic (exact) mass is 288 g/mol. The van der Waals surface area contributed by atoms with Gasteiger partial charge in [0.15, 0.2) is 23.3 Å². The molecule has 0 amide bonds. The summed E-state index contributed by atoms with van der Waals surface area (Å²) in [7, 11) is -2.69. The van der Waals surface area contributed by atoms with Crippen LogP contribution in [0, 0.1) is 23.3 Å². The van der Waals surface area contributed by atoms with Gasteiger partial charge in [0.05, 0.1) is 9.66 Å². The summed E-state index contributed by atoms with van der Waals surface area (Å²) in [6.45, 7) is 0. The van der Waals surface area contributed by atoms with Crippen LogP contribution in [-0.4, -0.2) is 9.28 Å². The second-order valence-corrected chi connectivity index (χ2v) is 4.93. The predicted molar refractivity (Wildman–Crippen MR) is 42.9 cm³/mol. The Labute approximate surface area is 85.3 Å². The number of halogens is 5. The highest BCUT2D eigenvalue weighted by atomic mass is 79.9. The molecule has 0 atom stereocenters. The van der Waals surface area contributed by atoms with E-state index in [0.717, 1.165) is 0 Å². The van der Waals surface area contributed by atoms with Gasteiger partial charge in [0.2, 0.25) is 0 Å². The Morgan fingerprint density at radius 3 is 1.64 bits per heavy atom. The molecule has 14 heavy (non-hydrogen) atoms. The first-order chi connectivity index (χ1) is 6.54. The molecule has 1 saturated heterocycles. The molecule has 1 heterocycles. The molecule has 2 rings (SSSR count). The molecule has 1 aromatic rings. The predicted octanol–water partition coefficient (Wildman–Crippen LogP) is 1.39. The molecule has 76 valence electrons. The van der Waals surface area contributed by atoms with E-state index >= 15 is 0 Å². The molecular formula is C6HBrF4O2Si. The van der Waals surface area contributed by atoms with Crippen molar-refractivity contribution >= 4 is 30.4 Å². The van der Waals surface area contributed by atoms with Crippen molar-refractivity contribution in [2.75, 3.05) is 0 Å². The molecule has 1 aliphatic heterocycles. The van der Waals surface area contributed by atoms with Gasteiger partial charge in [-0.1, -0.05) is 0 Å². The summed E-state index contributed by atoms with van der Waals surface area (Å²) < 4.78 is 59.5. The van der Waals surface area contributed by atoms with E-state index in [9.17, 15) is 17.6 Å². The molecule has 0 unspecified atom stereocenters. The van der Waals surface area contributed by atoms with Crippen molar-refractivity contribution in [2.24, 2.45) is 0 Å². The van der Waals surface area contributed by atoms with Crippen LogP contribution in [0.5, 0.6) is 0 Å². The minimum atomic E-state index is -2.69. The Balaban J connectivity index is 2.69. The minimum Gasteiger partial charge on any atom is -0.255 e. The van der Waals surface area contributed by atoms with E-state index in [-0.39, 0.29) is 0 Å². The molecule has 0 saturated carbocycles. The van der Waals surface area contributed by atoms with Gasteiger partial charge in [-0.15, -0.1) is 0 Å². The van der Waals surface area contributed by atoms with Gasteiger partial charge < -0.3 is 0 Å². The number of benzene rings is 1. The Morgan fingerprint density at radius 1 is 0.857 bits per heavy atom. The van der Waals surface area contributed by atoms with Gasteiger partial charge in [0.1, 0.15) is 0 Å². The first-order valence-corrected chi connectivity index (χ1v) is 5.68. The summed E-state index contributed by atoms with van der Waals surface area (Å²) in [5.41, 5.74) is 0. The van der Waals surface area contributed by atoms with Crippen LogP contribution in [0.15, 0.2) is 4.47 Å². The fourth-order valence-electron chi connectivity index (χ4n) is 0.953. The second-order valence-electron chi connectivity index (χ2n) is 2.51. The zero-order valence-corrected chi connectivity index (χ0v) is 9.02. The number of hydrogen-bond donors (Lipinski definition) is 0. The Hall–Kier alpha value is -0.443. The van der Waals surface area contributed by atoms with Crippen LogP contribution in [0.4, 0.5) is 17.6 Å². The van der Waals surface area contributed by atoms with Gasteiger partial charge in [-0.25, -0.2) is 17.6 Å². The lowest BCUT2D eigenvalue weighted by atomic mass is 10.3. The maximum Gasteiger partial charge on any atom is 0.429 e. The van der Waals surface area contributed by atoms with Crippen molar-refractivity contribution < 1.29 is 26.7 Å². The average molecular weight is 289 g/mol. The molecule has 1 aromatic carbocycles. The van der Waals surface area contributed by atoms with E-state index in [1.165, 1.54) is 0 Å².